The van der Waals surface area contributed by atoms with Gasteiger partial charge in [-0.1, -0.05) is 45.4 Å². The fourth-order valence-electron chi connectivity index (χ4n) is 0.873. The number of aliphatic imine (C=N–C) groups is 1. The molecular formula is C10H19KN4. The first kappa shape index (κ1) is 17.6. The number of hydrogen-bond acceptors (Lipinski definition) is 1. The van der Waals surface area contributed by atoms with E-state index in [1.807, 2.05) is 6.07 Å². The summed E-state index contributed by atoms with van der Waals surface area (Å²) in [6.45, 7) is 4.25. The minimum Gasteiger partial charge on any atom is -0.468 e. The molecule has 0 aliphatic rings. The molecule has 1 aromatic heterocycles. The van der Waals surface area contributed by atoms with Crippen molar-refractivity contribution in [3.05, 3.63) is 23.1 Å². The molecule has 0 saturated heterocycles. The average molecular weight is 234 g/mol. The van der Waals surface area contributed by atoms with Crippen molar-refractivity contribution < 1.29 is 51.4 Å². The van der Waals surface area contributed by atoms with E-state index in [0.717, 1.165) is 11.4 Å². The number of nitrogens with zero attached hydrogens (tertiary/aromatic N) is 2. The van der Waals surface area contributed by atoms with Gasteiger partial charge in [0.05, 0.1) is 0 Å². The largest absolute Gasteiger partial charge is 1.00 e. The van der Waals surface area contributed by atoms with E-state index in [-0.39, 0.29) is 51.4 Å². The van der Waals surface area contributed by atoms with Gasteiger partial charge in [0.25, 0.3) is 0 Å². The maximum Gasteiger partial charge on any atom is 1.00 e. The summed E-state index contributed by atoms with van der Waals surface area (Å²) in [4.78, 5) is 6.80. The van der Waals surface area contributed by atoms with Crippen LogP contribution >= 0.6 is 0 Å². The molecule has 0 atom stereocenters. The second kappa shape index (κ2) is 10.7. The zero-order valence-electron chi connectivity index (χ0n) is 10.3. The van der Waals surface area contributed by atoms with Crippen molar-refractivity contribution in [2.75, 3.05) is 14.1 Å². The van der Waals surface area contributed by atoms with Gasteiger partial charge in [0.15, 0.2) is 0 Å². The molecule has 0 aromatic carbocycles. The van der Waals surface area contributed by atoms with Gasteiger partial charge in [-0.3, -0.25) is 4.99 Å². The Morgan fingerprint density at radius 3 is 2.47 bits per heavy atom. The zero-order valence-corrected chi connectivity index (χ0v) is 13.5. The summed E-state index contributed by atoms with van der Waals surface area (Å²) >= 11 is 0. The van der Waals surface area contributed by atoms with Crippen LogP contribution in [0.4, 0.5) is 5.82 Å². The summed E-state index contributed by atoms with van der Waals surface area (Å²) in [6, 6.07) is 1.85. The number of hydrogen-bond donors (Lipinski definition) is 2. The average Bonchev–Trinajstić information content (AvgIpc) is 2.65. The summed E-state index contributed by atoms with van der Waals surface area (Å²) in [5.74, 6) is 1.28. The predicted molar refractivity (Wildman–Crippen MR) is 62.3 cm³/mol. The molecular weight excluding hydrogens is 215 g/mol. The van der Waals surface area contributed by atoms with Crippen LogP contribution in [0.2, 0.25) is 0 Å². The van der Waals surface area contributed by atoms with Gasteiger partial charge in [0.1, 0.15) is 5.84 Å². The molecule has 5 heteroatoms. The van der Waals surface area contributed by atoms with Crippen LogP contribution in [0.5, 0.6) is 0 Å². The molecule has 15 heavy (non-hydrogen) atoms. The molecule has 0 fully saturated rings. The van der Waals surface area contributed by atoms with Crippen LogP contribution in [0.1, 0.15) is 25.8 Å². The van der Waals surface area contributed by atoms with E-state index < -0.39 is 0 Å². The minimum absolute atomic E-state index is 0. The topological polar surface area (TPSA) is 68.3 Å². The van der Waals surface area contributed by atoms with Crippen molar-refractivity contribution >= 4 is 11.7 Å². The van der Waals surface area contributed by atoms with Crippen LogP contribution in [0.25, 0.3) is 5.32 Å². The first-order valence-electron chi connectivity index (χ1n) is 4.71. The maximum absolute atomic E-state index is 5.59. The molecule has 1 aromatic rings. The van der Waals surface area contributed by atoms with E-state index in [1.165, 1.54) is 6.42 Å². The molecule has 3 N–H and O–H groups in total. The number of aromatic nitrogens is 1. The van der Waals surface area contributed by atoms with Gasteiger partial charge in [-0.2, -0.15) is 0 Å². The SMILES string of the molecule is CCC.CN=C(N)c1cc[nH]c1[N-]C.[K+]. The third kappa shape index (κ3) is 6.37. The van der Waals surface area contributed by atoms with Crippen molar-refractivity contribution in [3.63, 3.8) is 0 Å². The number of amidine groups is 1. The Bertz CT molecular complexity index is 281. The van der Waals surface area contributed by atoms with Crippen molar-refractivity contribution in [1.29, 1.82) is 0 Å². The number of nitrogens with two attached hydrogens (primary N) is 1. The molecule has 0 saturated carbocycles. The molecule has 0 aliphatic heterocycles. The summed E-state index contributed by atoms with van der Waals surface area (Å²) in [7, 11) is 3.36. The minimum atomic E-state index is 0. The predicted octanol–water partition coefficient (Wildman–Crippen LogP) is -0.595. The smallest absolute Gasteiger partial charge is 0.468 e. The maximum atomic E-state index is 5.59. The van der Waals surface area contributed by atoms with Crippen LogP contribution < -0.4 is 57.1 Å². The van der Waals surface area contributed by atoms with Crippen LogP contribution in [0.3, 0.4) is 0 Å². The Morgan fingerprint density at radius 2 is 2.07 bits per heavy atom. The standard InChI is InChI=1S/C7H11N4.C3H8.K/c1-9-6(8)5-3-4-11-7(5)10-2;1-3-2;/h3-4,11H,1-2H3,(H2,8,9);3H2,1-2H3;/q-1;;+1. The van der Waals surface area contributed by atoms with E-state index in [1.54, 1.807) is 20.3 Å². The molecule has 0 spiro atoms. The first-order valence-corrected chi connectivity index (χ1v) is 4.71. The Labute approximate surface area is 135 Å². The zero-order chi connectivity index (χ0) is 11.0. The normalized spacial score (nSPS) is 9.73. The molecule has 0 amide bonds. The van der Waals surface area contributed by atoms with Gasteiger partial charge in [0, 0.05) is 12.6 Å². The Balaban J connectivity index is 0. The van der Waals surface area contributed by atoms with E-state index >= 15 is 0 Å². The molecule has 0 bridgehead atoms. The van der Waals surface area contributed by atoms with Crippen molar-refractivity contribution in [2.24, 2.45) is 10.7 Å². The molecule has 1 rings (SSSR count). The van der Waals surface area contributed by atoms with Gasteiger partial charge in [-0.15, -0.1) is 0 Å². The fraction of sp³-hybridized carbons (Fsp3) is 0.500. The summed E-state index contributed by atoms with van der Waals surface area (Å²) in [6.07, 6.45) is 3.04. The van der Waals surface area contributed by atoms with Crippen LogP contribution in [0.15, 0.2) is 17.3 Å². The molecule has 1 heterocycles. The van der Waals surface area contributed by atoms with Crippen molar-refractivity contribution in [2.45, 2.75) is 20.3 Å². The molecule has 0 radical (unpaired) electrons. The van der Waals surface area contributed by atoms with Gasteiger partial charge in [-0.05, 0) is 0 Å². The number of rotatable bonds is 2. The van der Waals surface area contributed by atoms with E-state index in [2.05, 4.69) is 29.1 Å². The summed E-state index contributed by atoms with van der Waals surface area (Å²) in [5, 5.41) is 3.98. The van der Waals surface area contributed by atoms with Crippen LogP contribution in [0, 0.1) is 0 Å². The van der Waals surface area contributed by atoms with E-state index in [9.17, 15) is 0 Å². The van der Waals surface area contributed by atoms with Crippen LogP contribution in [-0.4, -0.2) is 24.9 Å². The van der Waals surface area contributed by atoms with E-state index in [4.69, 9.17) is 5.73 Å². The molecule has 0 unspecified atom stereocenters. The number of aromatic amines is 1. The van der Waals surface area contributed by atoms with Gasteiger partial charge in [-0.25, -0.2) is 0 Å². The number of nitrogens with one attached hydrogen (secondary N) is 1. The Kier molecular flexibility index (Phi) is 12.5. The Morgan fingerprint density at radius 1 is 1.53 bits per heavy atom. The summed E-state index contributed by atoms with van der Waals surface area (Å²) in [5.41, 5.74) is 6.44. The van der Waals surface area contributed by atoms with Gasteiger partial charge < -0.3 is 16.0 Å². The fourth-order valence-corrected chi connectivity index (χ4v) is 0.873. The molecule has 0 aliphatic carbocycles. The first-order chi connectivity index (χ1) is 6.71. The third-order valence-electron chi connectivity index (χ3n) is 1.47. The van der Waals surface area contributed by atoms with Gasteiger partial charge >= 0.3 is 51.4 Å². The molecule has 80 valence electrons. The van der Waals surface area contributed by atoms with Gasteiger partial charge in [0.2, 0.25) is 0 Å². The third-order valence-corrected chi connectivity index (χ3v) is 1.47. The molecule has 4 nitrogen and oxygen atoms in total. The summed E-state index contributed by atoms with van der Waals surface area (Å²) < 4.78 is 0. The Hall–Kier alpha value is 0.186. The van der Waals surface area contributed by atoms with Crippen LogP contribution in [-0.2, 0) is 0 Å². The van der Waals surface area contributed by atoms with E-state index in [0.29, 0.717) is 5.84 Å². The van der Waals surface area contributed by atoms with Crippen molar-refractivity contribution in [3.8, 4) is 0 Å². The second-order valence-electron chi connectivity index (χ2n) is 2.78. The van der Waals surface area contributed by atoms with Crippen molar-refractivity contribution in [1.82, 2.24) is 4.98 Å². The second-order valence-corrected chi connectivity index (χ2v) is 2.78. The number of H-pyrrole nitrogens is 1. The monoisotopic (exact) mass is 234 g/mol. The quantitative estimate of drug-likeness (QED) is 0.401.